The fourth-order valence-electron chi connectivity index (χ4n) is 4.10. The Morgan fingerprint density at radius 2 is 1.88 bits per heavy atom. The van der Waals surface area contributed by atoms with Crippen molar-refractivity contribution in [2.24, 2.45) is 0 Å². The number of hydrogen-bond donors (Lipinski definition) is 2. The number of nitrogens with zero attached hydrogens (tertiary/aromatic N) is 1. The quantitative estimate of drug-likeness (QED) is 0.205. The van der Waals surface area contributed by atoms with E-state index < -0.39 is 17.9 Å². The molecule has 10 heteroatoms. The molecule has 0 radical (unpaired) electrons. The third kappa shape index (κ3) is 8.29. The number of benzene rings is 3. The molecule has 0 bridgehead atoms. The molecular formula is C30H30FLiN2O4S2. The van der Waals surface area contributed by atoms with Crippen LogP contribution in [-0.4, -0.2) is 58.9 Å². The van der Waals surface area contributed by atoms with Gasteiger partial charge in [0.15, 0.2) is 0 Å². The zero-order valence-corrected chi connectivity index (χ0v) is 23.3. The van der Waals surface area contributed by atoms with Gasteiger partial charge in [0.25, 0.3) is 5.91 Å². The van der Waals surface area contributed by atoms with Gasteiger partial charge in [0.05, 0.1) is 18.1 Å². The monoisotopic (exact) mass is 572 g/mol. The molecule has 4 rings (SSSR count). The van der Waals surface area contributed by atoms with Crippen LogP contribution >= 0.6 is 23.1 Å². The first-order chi connectivity index (χ1) is 18.9. The molecule has 0 aliphatic heterocycles. The maximum absolute atomic E-state index is 13.6. The molecule has 0 unspecified atom stereocenters. The predicted molar refractivity (Wildman–Crippen MR) is 162 cm³/mol. The number of carbonyl (C=O) groups is 2. The summed E-state index contributed by atoms with van der Waals surface area (Å²) < 4.78 is 19.5. The van der Waals surface area contributed by atoms with Gasteiger partial charge in [0, 0.05) is 17.3 Å². The summed E-state index contributed by atoms with van der Waals surface area (Å²) in [6.45, 7) is 2.61. The molecule has 0 spiro atoms. The van der Waals surface area contributed by atoms with E-state index in [1.807, 2.05) is 55.6 Å². The van der Waals surface area contributed by atoms with Crippen LogP contribution in [0.25, 0.3) is 21.7 Å². The van der Waals surface area contributed by atoms with E-state index in [9.17, 15) is 19.1 Å². The fourth-order valence-corrected chi connectivity index (χ4v) is 5.42. The normalized spacial score (nSPS) is 11.5. The van der Waals surface area contributed by atoms with Crippen LogP contribution < -0.4 is 5.32 Å². The number of thioether (sulfide) groups is 1. The Bertz CT molecular complexity index is 1460. The number of carboxylic acid groups (broad SMARTS) is 1. The van der Waals surface area contributed by atoms with Gasteiger partial charge in [-0.1, -0.05) is 42.5 Å². The average molecular weight is 573 g/mol. The maximum atomic E-state index is 13.6. The van der Waals surface area contributed by atoms with E-state index in [1.165, 1.54) is 35.2 Å². The summed E-state index contributed by atoms with van der Waals surface area (Å²) in [6, 6.07) is 18.6. The van der Waals surface area contributed by atoms with Crippen LogP contribution in [0.2, 0.25) is 0 Å². The molecule has 1 heterocycles. The number of carbonyl (C=O) groups excluding carboxylic acids is 1. The second-order valence-corrected chi connectivity index (χ2v) is 11.1. The van der Waals surface area contributed by atoms with Gasteiger partial charge in [-0.2, -0.15) is 11.8 Å². The SMILES string of the molecule is CSCC[C@H](NC(=O)c1ccc(COCc2cnc(-c3cccc(F)c3)s2)cc1-c1ccccc1C)C(=O)O.[LiH]. The molecule has 0 aliphatic rings. The van der Waals surface area contributed by atoms with Crippen LogP contribution in [0.3, 0.4) is 0 Å². The number of amides is 1. The van der Waals surface area contributed by atoms with Crippen molar-refractivity contribution in [3.8, 4) is 21.7 Å². The van der Waals surface area contributed by atoms with E-state index in [-0.39, 0.29) is 24.7 Å². The molecular weight excluding hydrogens is 542 g/mol. The predicted octanol–water partition coefficient (Wildman–Crippen LogP) is 5.93. The van der Waals surface area contributed by atoms with E-state index in [0.29, 0.717) is 36.5 Å². The number of thiazole rings is 1. The van der Waals surface area contributed by atoms with Crippen LogP contribution in [0.15, 0.2) is 72.9 Å². The van der Waals surface area contributed by atoms with Gasteiger partial charge in [-0.3, -0.25) is 4.79 Å². The minimum atomic E-state index is -1.05. The van der Waals surface area contributed by atoms with Crippen LogP contribution in [-0.2, 0) is 22.7 Å². The number of halogens is 1. The second-order valence-electron chi connectivity index (χ2n) is 8.98. The van der Waals surface area contributed by atoms with Crippen LogP contribution in [0.4, 0.5) is 4.39 Å². The Morgan fingerprint density at radius 3 is 2.60 bits per heavy atom. The average Bonchev–Trinajstić information content (AvgIpc) is 3.40. The van der Waals surface area contributed by atoms with Gasteiger partial charge in [-0.15, -0.1) is 11.3 Å². The van der Waals surface area contributed by atoms with Crippen molar-refractivity contribution in [1.29, 1.82) is 0 Å². The van der Waals surface area contributed by atoms with Crippen molar-refractivity contribution >= 4 is 53.8 Å². The Morgan fingerprint density at radius 1 is 1.07 bits per heavy atom. The molecule has 4 aromatic rings. The molecule has 1 amide bonds. The molecule has 0 saturated carbocycles. The Kier molecular flexibility index (Phi) is 12.0. The first-order valence-corrected chi connectivity index (χ1v) is 14.6. The van der Waals surface area contributed by atoms with Gasteiger partial charge >= 0.3 is 24.8 Å². The van der Waals surface area contributed by atoms with Gasteiger partial charge in [0.1, 0.15) is 16.9 Å². The summed E-state index contributed by atoms with van der Waals surface area (Å²) >= 11 is 2.98. The Hall–Kier alpha value is -2.93. The van der Waals surface area contributed by atoms with Crippen molar-refractivity contribution in [2.45, 2.75) is 32.6 Å². The topological polar surface area (TPSA) is 88.5 Å². The molecule has 6 nitrogen and oxygen atoms in total. The van der Waals surface area contributed by atoms with Crippen LogP contribution in [0, 0.1) is 12.7 Å². The van der Waals surface area contributed by atoms with E-state index in [2.05, 4.69) is 10.3 Å². The third-order valence-corrected chi connectivity index (χ3v) is 7.78. The van der Waals surface area contributed by atoms with Crippen molar-refractivity contribution in [1.82, 2.24) is 10.3 Å². The number of nitrogens with one attached hydrogen (secondary N) is 1. The summed E-state index contributed by atoms with van der Waals surface area (Å²) in [7, 11) is 0. The van der Waals surface area contributed by atoms with Crippen molar-refractivity contribution in [3.05, 3.63) is 100 Å². The number of aliphatic carboxylic acids is 1. The van der Waals surface area contributed by atoms with Crippen LogP contribution in [0.5, 0.6) is 0 Å². The number of aryl methyl sites for hydroxylation is 1. The molecule has 2 N–H and O–H groups in total. The Labute approximate surface area is 253 Å². The van der Waals surface area contributed by atoms with Gasteiger partial charge in [0.2, 0.25) is 0 Å². The third-order valence-electron chi connectivity index (χ3n) is 6.12. The van der Waals surface area contributed by atoms with E-state index in [4.69, 9.17) is 4.74 Å². The summed E-state index contributed by atoms with van der Waals surface area (Å²) in [5.74, 6) is -1.16. The fraction of sp³-hybridized carbons (Fsp3) is 0.233. The molecule has 0 saturated heterocycles. The van der Waals surface area contributed by atoms with Gasteiger partial charge < -0.3 is 15.2 Å². The molecule has 1 aromatic heterocycles. The first kappa shape index (κ1) is 31.6. The molecule has 3 aromatic carbocycles. The zero-order valence-electron chi connectivity index (χ0n) is 21.6. The van der Waals surface area contributed by atoms with Crippen molar-refractivity contribution < 1.29 is 23.8 Å². The standard InChI is InChI=1S/C30H29FN2O4S2.Li.H/c1-19-6-3-4-9-24(19)26-14-20(10-11-25(26)28(34)33-27(30(35)36)12-13-38-2)17-37-18-23-16-32-29(39-23)21-7-5-8-22(31)15-21;;/h3-11,14-16,27H,12-13,17-18H2,1-2H3,(H,33,34)(H,35,36);;/t27-;;/m0../s1. The summed E-state index contributed by atoms with van der Waals surface area (Å²) in [5.41, 5.74) is 4.61. The number of rotatable bonds is 12. The van der Waals surface area contributed by atoms with Gasteiger partial charge in [-0.25, -0.2) is 14.2 Å². The van der Waals surface area contributed by atoms with Crippen molar-refractivity contribution in [2.75, 3.05) is 12.0 Å². The van der Waals surface area contributed by atoms with E-state index in [0.717, 1.165) is 32.1 Å². The van der Waals surface area contributed by atoms with Gasteiger partial charge in [-0.05, 0) is 71.9 Å². The minimum absolute atomic E-state index is 0. The van der Waals surface area contributed by atoms with E-state index in [1.54, 1.807) is 18.3 Å². The zero-order chi connectivity index (χ0) is 27.8. The second kappa shape index (κ2) is 15.2. The summed E-state index contributed by atoms with van der Waals surface area (Å²) in [4.78, 5) is 30.2. The van der Waals surface area contributed by atoms with Crippen molar-refractivity contribution in [3.63, 3.8) is 0 Å². The molecule has 204 valence electrons. The summed E-state index contributed by atoms with van der Waals surface area (Å²) in [5, 5.41) is 13.0. The number of hydrogen-bond acceptors (Lipinski definition) is 6. The molecule has 40 heavy (non-hydrogen) atoms. The van der Waals surface area contributed by atoms with Crippen LogP contribution in [0.1, 0.15) is 32.8 Å². The molecule has 1 atom stereocenters. The number of ether oxygens (including phenoxy) is 1. The first-order valence-electron chi connectivity index (χ1n) is 12.4. The Balaban J connectivity index is 0.00000441. The molecule has 0 fully saturated rings. The number of aromatic nitrogens is 1. The number of carboxylic acids is 1. The summed E-state index contributed by atoms with van der Waals surface area (Å²) in [6.07, 6.45) is 3.97. The van der Waals surface area contributed by atoms with E-state index >= 15 is 0 Å². The molecule has 0 aliphatic carbocycles.